The third-order valence-corrected chi connectivity index (χ3v) is 6.25. The van der Waals surface area contributed by atoms with Crippen molar-refractivity contribution >= 4 is 15.9 Å². The fourth-order valence-corrected chi connectivity index (χ4v) is 4.58. The maximum absolute atomic E-state index is 4.66. The highest BCUT2D eigenvalue weighted by atomic mass is 79.9. The summed E-state index contributed by atoms with van der Waals surface area (Å²) in [5.41, 5.74) is 3.39. The SMILES string of the molecule is BrCC1(Cn2cnc3c2CCCC3)CCCCCC1. The van der Waals surface area contributed by atoms with Crippen LogP contribution in [0.15, 0.2) is 6.33 Å². The smallest absolute Gasteiger partial charge is 0.0951 e. The first-order valence-electron chi connectivity index (χ1n) is 7.92. The Morgan fingerprint density at radius 3 is 2.53 bits per heavy atom. The third kappa shape index (κ3) is 2.91. The second-order valence-electron chi connectivity index (χ2n) is 6.52. The minimum Gasteiger partial charge on any atom is -0.334 e. The number of nitrogens with zero attached hydrogens (tertiary/aromatic N) is 2. The highest BCUT2D eigenvalue weighted by Gasteiger charge is 2.31. The molecule has 0 saturated heterocycles. The maximum Gasteiger partial charge on any atom is 0.0951 e. The number of hydrogen-bond acceptors (Lipinski definition) is 1. The van der Waals surface area contributed by atoms with E-state index in [1.165, 1.54) is 82.1 Å². The highest BCUT2D eigenvalue weighted by molar-refractivity contribution is 9.09. The second kappa shape index (κ2) is 5.99. The molecule has 0 N–H and O–H groups in total. The van der Waals surface area contributed by atoms with Crippen molar-refractivity contribution in [2.75, 3.05) is 5.33 Å². The van der Waals surface area contributed by atoms with Crippen molar-refractivity contribution < 1.29 is 0 Å². The van der Waals surface area contributed by atoms with Crippen molar-refractivity contribution in [1.82, 2.24) is 9.55 Å². The number of rotatable bonds is 3. The molecule has 0 aromatic carbocycles. The van der Waals surface area contributed by atoms with Gasteiger partial charge in [-0.1, -0.05) is 41.6 Å². The van der Waals surface area contributed by atoms with E-state index >= 15 is 0 Å². The second-order valence-corrected chi connectivity index (χ2v) is 7.08. The van der Waals surface area contributed by atoms with Gasteiger partial charge in [0.15, 0.2) is 0 Å². The van der Waals surface area contributed by atoms with Gasteiger partial charge >= 0.3 is 0 Å². The molecule has 0 atom stereocenters. The van der Waals surface area contributed by atoms with Gasteiger partial charge in [-0.05, 0) is 43.9 Å². The molecule has 1 aromatic rings. The average Bonchev–Trinajstić information content (AvgIpc) is 2.70. The van der Waals surface area contributed by atoms with Gasteiger partial charge in [0.25, 0.3) is 0 Å². The standard InChI is InChI=1S/C16H25BrN2/c17-11-16(9-5-1-2-6-10-16)12-19-13-18-14-7-3-4-8-15(14)19/h13H,1-12H2. The largest absolute Gasteiger partial charge is 0.334 e. The van der Waals surface area contributed by atoms with Gasteiger partial charge in [0.1, 0.15) is 0 Å². The van der Waals surface area contributed by atoms with Gasteiger partial charge in [-0.25, -0.2) is 4.98 Å². The molecular formula is C16H25BrN2. The predicted octanol–water partition coefficient (Wildman–Crippen LogP) is 4.50. The quantitative estimate of drug-likeness (QED) is 0.591. The lowest BCUT2D eigenvalue weighted by Gasteiger charge is -2.32. The number of aromatic nitrogens is 2. The molecule has 2 aliphatic rings. The Bertz CT molecular complexity index is 416. The van der Waals surface area contributed by atoms with Gasteiger partial charge in [-0.3, -0.25) is 0 Å². The van der Waals surface area contributed by atoms with E-state index in [1.807, 2.05) is 0 Å². The molecule has 0 bridgehead atoms. The molecule has 3 heteroatoms. The molecule has 0 unspecified atom stereocenters. The number of imidazole rings is 1. The zero-order chi connectivity index (χ0) is 13.1. The molecular weight excluding hydrogens is 300 g/mol. The average molecular weight is 325 g/mol. The number of halogens is 1. The predicted molar refractivity (Wildman–Crippen MR) is 82.8 cm³/mol. The van der Waals surface area contributed by atoms with E-state index in [2.05, 4.69) is 31.8 Å². The zero-order valence-electron chi connectivity index (χ0n) is 11.8. The van der Waals surface area contributed by atoms with E-state index < -0.39 is 0 Å². The van der Waals surface area contributed by atoms with E-state index in [9.17, 15) is 0 Å². The number of hydrogen-bond donors (Lipinski definition) is 0. The molecule has 1 saturated carbocycles. The van der Waals surface area contributed by atoms with E-state index in [4.69, 9.17) is 0 Å². The Balaban J connectivity index is 1.80. The van der Waals surface area contributed by atoms with Gasteiger partial charge in [0, 0.05) is 17.6 Å². The first kappa shape index (κ1) is 13.7. The molecule has 1 heterocycles. The number of alkyl halides is 1. The zero-order valence-corrected chi connectivity index (χ0v) is 13.4. The first-order chi connectivity index (χ1) is 9.33. The van der Waals surface area contributed by atoms with E-state index in [0.717, 1.165) is 5.33 Å². The van der Waals surface area contributed by atoms with Crippen LogP contribution in [0.1, 0.15) is 62.8 Å². The summed E-state index contributed by atoms with van der Waals surface area (Å²) in [5.74, 6) is 0. The van der Waals surface area contributed by atoms with Crippen LogP contribution in [0.5, 0.6) is 0 Å². The van der Waals surface area contributed by atoms with Crippen molar-refractivity contribution in [3.8, 4) is 0 Å². The molecule has 0 aliphatic heterocycles. The van der Waals surface area contributed by atoms with E-state index in [-0.39, 0.29) is 0 Å². The third-order valence-electron chi connectivity index (χ3n) is 5.06. The van der Waals surface area contributed by atoms with Crippen LogP contribution in [0.2, 0.25) is 0 Å². The van der Waals surface area contributed by atoms with Crippen molar-refractivity contribution in [3.63, 3.8) is 0 Å². The molecule has 0 spiro atoms. The van der Waals surface area contributed by atoms with E-state index in [0.29, 0.717) is 5.41 Å². The Hall–Kier alpha value is -0.310. The first-order valence-corrected chi connectivity index (χ1v) is 9.04. The van der Waals surface area contributed by atoms with Crippen LogP contribution in [0, 0.1) is 5.41 Å². The van der Waals surface area contributed by atoms with E-state index in [1.54, 1.807) is 0 Å². The summed E-state index contributed by atoms with van der Waals surface area (Å²) in [6.07, 6.45) is 15.7. The lowest BCUT2D eigenvalue weighted by molar-refractivity contribution is 0.239. The molecule has 3 rings (SSSR count). The van der Waals surface area contributed by atoms with Crippen molar-refractivity contribution in [2.45, 2.75) is 70.8 Å². The van der Waals surface area contributed by atoms with Crippen LogP contribution < -0.4 is 0 Å². The van der Waals surface area contributed by atoms with Crippen LogP contribution >= 0.6 is 15.9 Å². The molecule has 2 nitrogen and oxygen atoms in total. The van der Waals surface area contributed by atoms with Gasteiger partial charge in [0.2, 0.25) is 0 Å². The summed E-state index contributed by atoms with van der Waals surface area (Å²) >= 11 is 3.81. The Labute approximate surface area is 125 Å². The Kier molecular flexibility index (Phi) is 4.30. The van der Waals surface area contributed by atoms with Gasteiger partial charge < -0.3 is 4.57 Å². The summed E-state index contributed by atoms with van der Waals surface area (Å²) in [5, 5.41) is 1.15. The van der Waals surface area contributed by atoms with Crippen LogP contribution in [-0.4, -0.2) is 14.9 Å². The fourth-order valence-electron chi connectivity index (χ4n) is 3.84. The van der Waals surface area contributed by atoms with Crippen LogP contribution in [0.3, 0.4) is 0 Å². The van der Waals surface area contributed by atoms with Crippen molar-refractivity contribution in [1.29, 1.82) is 0 Å². The van der Waals surface area contributed by atoms with Gasteiger partial charge in [-0.15, -0.1) is 0 Å². The van der Waals surface area contributed by atoms with Crippen molar-refractivity contribution in [2.24, 2.45) is 5.41 Å². The summed E-state index contributed by atoms with van der Waals surface area (Å²) in [4.78, 5) is 4.66. The lowest BCUT2D eigenvalue weighted by Crippen LogP contribution is -2.29. The monoisotopic (exact) mass is 324 g/mol. The van der Waals surface area contributed by atoms with Gasteiger partial charge in [-0.2, -0.15) is 0 Å². The Morgan fingerprint density at radius 1 is 1.05 bits per heavy atom. The Morgan fingerprint density at radius 2 is 1.79 bits per heavy atom. The lowest BCUT2D eigenvalue weighted by atomic mass is 9.82. The maximum atomic E-state index is 4.66. The minimum atomic E-state index is 0.475. The number of aryl methyl sites for hydroxylation is 1. The fraction of sp³-hybridized carbons (Fsp3) is 0.812. The van der Waals surface area contributed by atoms with Crippen LogP contribution in [-0.2, 0) is 19.4 Å². The molecule has 106 valence electrons. The summed E-state index contributed by atoms with van der Waals surface area (Å²) < 4.78 is 2.49. The molecule has 19 heavy (non-hydrogen) atoms. The topological polar surface area (TPSA) is 17.8 Å². The molecule has 0 radical (unpaired) electrons. The number of fused-ring (bicyclic) bond motifs is 1. The van der Waals surface area contributed by atoms with Crippen LogP contribution in [0.25, 0.3) is 0 Å². The molecule has 1 aromatic heterocycles. The molecule has 1 fully saturated rings. The van der Waals surface area contributed by atoms with Gasteiger partial charge in [0.05, 0.1) is 12.0 Å². The summed E-state index contributed by atoms with van der Waals surface area (Å²) in [6, 6.07) is 0. The van der Waals surface area contributed by atoms with Crippen molar-refractivity contribution in [3.05, 3.63) is 17.7 Å². The summed E-state index contributed by atoms with van der Waals surface area (Å²) in [6.45, 7) is 1.18. The minimum absolute atomic E-state index is 0.475. The normalized spacial score (nSPS) is 22.8. The summed E-state index contributed by atoms with van der Waals surface area (Å²) in [7, 11) is 0. The molecule has 0 amide bonds. The molecule has 2 aliphatic carbocycles. The van der Waals surface area contributed by atoms with Crippen LogP contribution in [0.4, 0.5) is 0 Å². The highest BCUT2D eigenvalue weighted by Crippen LogP contribution is 2.39.